The summed E-state index contributed by atoms with van der Waals surface area (Å²) in [5, 5.41) is 3.34. The lowest BCUT2D eigenvalue weighted by molar-refractivity contribution is 0.667. The van der Waals surface area contributed by atoms with E-state index in [1.54, 1.807) is 11.3 Å². The molecule has 0 radical (unpaired) electrons. The molecule has 7 heteroatoms. The molecule has 4 heterocycles. The molecule has 0 saturated carbocycles. The summed E-state index contributed by atoms with van der Waals surface area (Å²) in [5.74, 6) is 2.61. The molecule has 0 aliphatic rings. The minimum atomic E-state index is 0.647. The first-order chi connectivity index (χ1) is 27.7. The number of aromatic nitrogens is 5. The SMILES string of the molecule is c1ccc(-c2nc(-c3ccccc3)nc(-c3cccc4c3sc3cc(-c5cccc(-c6nc(-c7ccccc7)nc7c6oc6ccccc67)c5)ccc34)n2)cc1. The lowest BCUT2D eigenvalue weighted by atomic mass is 9.99. The normalized spacial score (nSPS) is 11.6. The number of hydrogen-bond acceptors (Lipinski definition) is 7. The average Bonchev–Trinajstić information content (AvgIpc) is 3.85. The molecule has 56 heavy (non-hydrogen) atoms. The third-order valence-corrected chi connectivity index (χ3v) is 11.4. The third kappa shape index (κ3) is 5.52. The quantitative estimate of drug-likeness (QED) is 0.169. The van der Waals surface area contributed by atoms with Crippen molar-refractivity contribution in [2.75, 3.05) is 0 Å². The Morgan fingerprint density at radius 1 is 0.375 bits per heavy atom. The zero-order valence-electron chi connectivity index (χ0n) is 29.8. The third-order valence-electron chi connectivity index (χ3n) is 10.2. The van der Waals surface area contributed by atoms with Crippen molar-refractivity contribution in [1.82, 2.24) is 24.9 Å². The maximum Gasteiger partial charge on any atom is 0.180 e. The molecule has 11 rings (SSSR count). The van der Waals surface area contributed by atoms with Gasteiger partial charge in [-0.1, -0.05) is 146 Å². The number of benzene rings is 7. The lowest BCUT2D eigenvalue weighted by Gasteiger charge is -2.09. The maximum absolute atomic E-state index is 6.44. The summed E-state index contributed by atoms with van der Waals surface area (Å²) < 4.78 is 8.76. The summed E-state index contributed by atoms with van der Waals surface area (Å²) in [6.45, 7) is 0. The Hall–Kier alpha value is -7.35. The summed E-state index contributed by atoms with van der Waals surface area (Å²) >= 11 is 1.76. The van der Waals surface area contributed by atoms with Crippen LogP contribution in [0.2, 0.25) is 0 Å². The van der Waals surface area contributed by atoms with E-state index in [-0.39, 0.29) is 0 Å². The predicted molar refractivity (Wildman–Crippen MR) is 228 cm³/mol. The Balaban J connectivity index is 1.04. The Morgan fingerprint density at radius 2 is 0.929 bits per heavy atom. The van der Waals surface area contributed by atoms with Gasteiger partial charge in [-0.3, -0.25) is 0 Å². The molecule has 0 N–H and O–H groups in total. The van der Waals surface area contributed by atoms with Crippen LogP contribution in [0.3, 0.4) is 0 Å². The fraction of sp³-hybridized carbons (Fsp3) is 0. The minimum Gasteiger partial charge on any atom is -0.452 e. The molecule has 0 amide bonds. The van der Waals surface area contributed by atoms with E-state index in [1.165, 1.54) is 15.5 Å². The molecule has 0 atom stereocenters. The standard InChI is InChI=1S/C49H29N5OS/c1-4-14-30(15-5-1)46-50-42(44-43(51-46)38-22-10-11-25-40(38)55-44)35-21-12-20-33(28-35)34-26-27-36-37-23-13-24-39(45(37)56-41(36)29-34)49-53-47(31-16-6-2-7-17-31)52-48(54-49)32-18-8-3-9-19-32/h1-29H. The minimum absolute atomic E-state index is 0.647. The van der Waals surface area contributed by atoms with Crippen molar-refractivity contribution in [2.45, 2.75) is 0 Å². The van der Waals surface area contributed by atoms with E-state index in [2.05, 4.69) is 66.7 Å². The van der Waals surface area contributed by atoms with Crippen LogP contribution in [-0.2, 0) is 0 Å². The van der Waals surface area contributed by atoms with Crippen LogP contribution >= 0.6 is 11.3 Å². The summed E-state index contributed by atoms with van der Waals surface area (Å²) in [4.78, 5) is 25.1. The maximum atomic E-state index is 6.44. The molecule has 0 saturated heterocycles. The zero-order valence-corrected chi connectivity index (χ0v) is 30.6. The first-order valence-corrected chi connectivity index (χ1v) is 19.2. The molecule has 0 fully saturated rings. The molecule has 4 aromatic heterocycles. The van der Waals surface area contributed by atoms with Gasteiger partial charge in [0.15, 0.2) is 28.9 Å². The topological polar surface area (TPSA) is 77.6 Å². The van der Waals surface area contributed by atoms with Gasteiger partial charge in [0.1, 0.15) is 16.8 Å². The van der Waals surface area contributed by atoms with Gasteiger partial charge >= 0.3 is 0 Å². The number of fused-ring (bicyclic) bond motifs is 6. The van der Waals surface area contributed by atoms with E-state index in [0.29, 0.717) is 28.9 Å². The highest BCUT2D eigenvalue weighted by Crippen LogP contribution is 2.42. The van der Waals surface area contributed by atoms with Crippen LogP contribution in [0.5, 0.6) is 0 Å². The molecule has 0 spiro atoms. The van der Waals surface area contributed by atoms with Crippen molar-refractivity contribution in [3.8, 4) is 67.9 Å². The van der Waals surface area contributed by atoms with Gasteiger partial charge in [-0.05, 0) is 41.5 Å². The summed E-state index contributed by atoms with van der Waals surface area (Å²) in [5.41, 5.74) is 10.0. The number of rotatable bonds is 6. The van der Waals surface area contributed by atoms with E-state index in [9.17, 15) is 0 Å². The number of hydrogen-bond donors (Lipinski definition) is 0. The van der Waals surface area contributed by atoms with Crippen molar-refractivity contribution >= 4 is 53.6 Å². The molecule has 262 valence electrons. The van der Waals surface area contributed by atoms with Crippen LogP contribution in [0.15, 0.2) is 180 Å². The fourth-order valence-corrected chi connectivity index (χ4v) is 8.68. The summed E-state index contributed by atoms with van der Waals surface area (Å²) in [7, 11) is 0. The predicted octanol–water partition coefficient (Wildman–Crippen LogP) is 12.9. The Morgan fingerprint density at radius 3 is 1.64 bits per heavy atom. The van der Waals surface area contributed by atoms with Crippen molar-refractivity contribution in [2.24, 2.45) is 0 Å². The van der Waals surface area contributed by atoms with E-state index in [0.717, 1.165) is 65.8 Å². The van der Waals surface area contributed by atoms with Crippen LogP contribution < -0.4 is 0 Å². The van der Waals surface area contributed by atoms with Gasteiger partial charge in [0.05, 0.1) is 0 Å². The second kappa shape index (κ2) is 13.2. The van der Waals surface area contributed by atoms with Crippen LogP contribution in [0.1, 0.15) is 0 Å². The highest BCUT2D eigenvalue weighted by atomic mass is 32.1. The summed E-state index contributed by atoms with van der Waals surface area (Å²) in [6, 6.07) is 60.0. The lowest BCUT2D eigenvalue weighted by Crippen LogP contribution is -2.00. The Kier molecular flexibility index (Phi) is 7.57. The number of furan rings is 1. The van der Waals surface area contributed by atoms with Crippen molar-refractivity contribution in [3.63, 3.8) is 0 Å². The zero-order chi connectivity index (χ0) is 37.0. The van der Waals surface area contributed by atoms with Gasteiger partial charge < -0.3 is 4.42 Å². The second-order valence-electron chi connectivity index (χ2n) is 13.7. The molecular weight excluding hydrogens is 707 g/mol. The van der Waals surface area contributed by atoms with Gasteiger partial charge in [-0.15, -0.1) is 11.3 Å². The van der Waals surface area contributed by atoms with Gasteiger partial charge in [0.2, 0.25) is 0 Å². The van der Waals surface area contributed by atoms with Gasteiger partial charge in [-0.25, -0.2) is 24.9 Å². The van der Waals surface area contributed by atoms with E-state index in [4.69, 9.17) is 29.3 Å². The molecule has 11 aromatic rings. The van der Waals surface area contributed by atoms with Crippen molar-refractivity contribution < 1.29 is 4.42 Å². The van der Waals surface area contributed by atoms with Gasteiger partial charge in [0, 0.05) is 53.4 Å². The van der Waals surface area contributed by atoms with Crippen LogP contribution in [-0.4, -0.2) is 24.9 Å². The molecule has 7 aromatic carbocycles. The highest BCUT2D eigenvalue weighted by molar-refractivity contribution is 7.26. The number of nitrogens with zero attached hydrogens (tertiary/aromatic N) is 5. The van der Waals surface area contributed by atoms with Crippen molar-refractivity contribution in [3.05, 3.63) is 176 Å². The first-order valence-electron chi connectivity index (χ1n) is 18.4. The van der Waals surface area contributed by atoms with E-state index < -0.39 is 0 Å². The largest absolute Gasteiger partial charge is 0.452 e. The van der Waals surface area contributed by atoms with Crippen LogP contribution in [0, 0.1) is 0 Å². The Bertz CT molecular complexity index is 3190. The monoisotopic (exact) mass is 735 g/mol. The molecule has 0 aliphatic heterocycles. The average molecular weight is 736 g/mol. The summed E-state index contributed by atoms with van der Waals surface area (Å²) in [6.07, 6.45) is 0. The smallest absolute Gasteiger partial charge is 0.180 e. The van der Waals surface area contributed by atoms with Crippen molar-refractivity contribution in [1.29, 1.82) is 0 Å². The van der Waals surface area contributed by atoms with Crippen LogP contribution in [0.4, 0.5) is 0 Å². The first kappa shape index (κ1) is 32.1. The highest BCUT2D eigenvalue weighted by Gasteiger charge is 2.20. The molecule has 0 bridgehead atoms. The second-order valence-corrected chi connectivity index (χ2v) is 14.7. The van der Waals surface area contributed by atoms with Gasteiger partial charge in [-0.2, -0.15) is 0 Å². The van der Waals surface area contributed by atoms with E-state index in [1.807, 2.05) is 109 Å². The van der Waals surface area contributed by atoms with Gasteiger partial charge in [0.25, 0.3) is 0 Å². The number of para-hydroxylation sites is 1. The van der Waals surface area contributed by atoms with Crippen LogP contribution in [0.25, 0.3) is 110 Å². The Labute approximate surface area is 325 Å². The number of thiophene rings is 1. The molecule has 0 unspecified atom stereocenters. The van der Waals surface area contributed by atoms with E-state index >= 15 is 0 Å². The molecule has 0 aliphatic carbocycles. The molecule has 6 nitrogen and oxygen atoms in total. The molecular formula is C49H29N5OS. The fourth-order valence-electron chi connectivity index (χ4n) is 7.43.